The molecule has 0 aromatic heterocycles. The fourth-order valence-electron chi connectivity index (χ4n) is 1.72. The lowest BCUT2D eigenvalue weighted by Crippen LogP contribution is -2.54. The summed E-state index contributed by atoms with van der Waals surface area (Å²) < 4.78 is 14.6. The van der Waals surface area contributed by atoms with Crippen molar-refractivity contribution in [2.24, 2.45) is 0 Å². The molecule has 0 radical (unpaired) electrons. The Kier molecular flexibility index (Phi) is 3.92. The SMILES string of the molecule is O=C1OC(CO[C@H]2OC[C@@H](O)[C@H](O)[C@H]2O)C(O)=C1O. The van der Waals surface area contributed by atoms with E-state index in [0.717, 1.165) is 0 Å². The Hall–Kier alpha value is -1.39. The average Bonchev–Trinajstić information content (AvgIpc) is 2.63. The van der Waals surface area contributed by atoms with Crippen molar-refractivity contribution in [2.45, 2.75) is 30.7 Å². The van der Waals surface area contributed by atoms with Crippen LogP contribution in [0.25, 0.3) is 0 Å². The molecule has 0 aromatic rings. The zero-order valence-corrected chi connectivity index (χ0v) is 9.67. The maximum atomic E-state index is 10.9. The summed E-state index contributed by atoms with van der Waals surface area (Å²) in [5.41, 5.74) is 0. The van der Waals surface area contributed by atoms with Crippen molar-refractivity contribution in [1.82, 2.24) is 0 Å². The Bertz CT molecular complexity index is 392. The van der Waals surface area contributed by atoms with E-state index in [1.165, 1.54) is 0 Å². The predicted molar refractivity (Wildman–Crippen MR) is 55.9 cm³/mol. The largest absolute Gasteiger partial charge is 0.505 e. The van der Waals surface area contributed by atoms with Crippen molar-refractivity contribution in [1.29, 1.82) is 0 Å². The Morgan fingerprint density at radius 2 is 1.89 bits per heavy atom. The maximum Gasteiger partial charge on any atom is 0.377 e. The molecule has 0 aliphatic carbocycles. The molecular formula is C10H14O9. The quantitative estimate of drug-likeness (QED) is 0.359. The molecule has 5 N–H and O–H groups in total. The number of carbonyl (C=O) groups excluding carboxylic acids is 1. The molecule has 2 aliphatic heterocycles. The summed E-state index contributed by atoms with van der Waals surface area (Å²) in [4.78, 5) is 10.9. The van der Waals surface area contributed by atoms with Crippen molar-refractivity contribution in [3.8, 4) is 0 Å². The number of rotatable bonds is 3. The number of hydrogen-bond acceptors (Lipinski definition) is 9. The van der Waals surface area contributed by atoms with Gasteiger partial charge in [-0.25, -0.2) is 4.79 Å². The lowest BCUT2D eigenvalue weighted by atomic mass is 10.1. The van der Waals surface area contributed by atoms with Gasteiger partial charge in [0.2, 0.25) is 5.76 Å². The second kappa shape index (κ2) is 5.31. The zero-order valence-electron chi connectivity index (χ0n) is 9.67. The monoisotopic (exact) mass is 278 g/mol. The lowest BCUT2D eigenvalue weighted by molar-refractivity contribution is -0.274. The third-order valence-electron chi connectivity index (χ3n) is 2.86. The first-order valence-corrected chi connectivity index (χ1v) is 5.52. The molecule has 0 spiro atoms. The highest BCUT2D eigenvalue weighted by Crippen LogP contribution is 2.21. The van der Waals surface area contributed by atoms with E-state index in [1.807, 2.05) is 0 Å². The predicted octanol–water partition coefficient (Wildman–Crippen LogP) is -2.30. The molecule has 0 amide bonds. The van der Waals surface area contributed by atoms with Crippen LogP contribution >= 0.6 is 0 Å². The molecule has 9 heteroatoms. The molecule has 1 unspecified atom stereocenters. The number of carbonyl (C=O) groups is 1. The van der Waals surface area contributed by atoms with Crippen LogP contribution in [0.3, 0.4) is 0 Å². The highest BCUT2D eigenvalue weighted by Gasteiger charge is 2.40. The molecule has 1 fully saturated rings. The second-order valence-electron chi connectivity index (χ2n) is 4.21. The van der Waals surface area contributed by atoms with Gasteiger partial charge in [-0.15, -0.1) is 0 Å². The molecule has 5 atom stereocenters. The summed E-state index contributed by atoms with van der Waals surface area (Å²) in [5.74, 6) is -2.64. The van der Waals surface area contributed by atoms with Crippen molar-refractivity contribution >= 4 is 5.97 Å². The number of hydrogen-bond donors (Lipinski definition) is 5. The molecular weight excluding hydrogens is 264 g/mol. The molecule has 2 heterocycles. The number of ether oxygens (including phenoxy) is 3. The van der Waals surface area contributed by atoms with Crippen LogP contribution in [-0.2, 0) is 19.0 Å². The van der Waals surface area contributed by atoms with Crippen LogP contribution in [0.1, 0.15) is 0 Å². The molecule has 1 saturated heterocycles. The van der Waals surface area contributed by atoms with E-state index in [4.69, 9.17) is 14.6 Å². The minimum atomic E-state index is -1.49. The Labute approximate surface area is 107 Å². The van der Waals surface area contributed by atoms with Gasteiger partial charge in [-0.1, -0.05) is 0 Å². The highest BCUT2D eigenvalue weighted by atomic mass is 16.7. The fraction of sp³-hybridized carbons (Fsp3) is 0.700. The second-order valence-corrected chi connectivity index (χ2v) is 4.21. The fourth-order valence-corrected chi connectivity index (χ4v) is 1.72. The molecule has 108 valence electrons. The molecule has 2 aliphatic rings. The molecule has 0 saturated carbocycles. The maximum absolute atomic E-state index is 10.9. The number of esters is 1. The molecule has 19 heavy (non-hydrogen) atoms. The number of aliphatic hydroxyl groups excluding tert-OH is 5. The van der Waals surface area contributed by atoms with E-state index in [-0.39, 0.29) is 13.2 Å². The summed E-state index contributed by atoms with van der Waals surface area (Å²) >= 11 is 0. The highest BCUT2D eigenvalue weighted by molar-refractivity contribution is 5.89. The van der Waals surface area contributed by atoms with Crippen LogP contribution < -0.4 is 0 Å². The summed E-state index contributed by atoms with van der Waals surface area (Å²) in [6.45, 7) is -0.618. The Morgan fingerprint density at radius 1 is 1.21 bits per heavy atom. The van der Waals surface area contributed by atoms with Crippen LogP contribution in [0.4, 0.5) is 0 Å². The normalized spacial score (nSPS) is 39.5. The molecule has 0 bridgehead atoms. The van der Waals surface area contributed by atoms with Gasteiger partial charge in [-0.2, -0.15) is 0 Å². The summed E-state index contributed by atoms with van der Waals surface area (Å²) in [5, 5.41) is 46.6. The summed E-state index contributed by atoms with van der Waals surface area (Å²) in [7, 11) is 0. The van der Waals surface area contributed by atoms with Gasteiger partial charge in [0.25, 0.3) is 0 Å². The van der Waals surface area contributed by atoms with E-state index in [0.29, 0.717) is 0 Å². The van der Waals surface area contributed by atoms with Gasteiger partial charge in [0.05, 0.1) is 13.2 Å². The van der Waals surface area contributed by atoms with E-state index in [9.17, 15) is 25.2 Å². The van der Waals surface area contributed by atoms with Crippen molar-refractivity contribution in [2.75, 3.05) is 13.2 Å². The standard InChI is InChI=1S/C10H14O9/c11-3-1-17-10(8(15)5(3)12)18-2-4-6(13)7(14)9(16)19-4/h3-5,8,10-15H,1-2H2/t3-,4?,5+,8-,10-/m1/s1. The third kappa shape index (κ3) is 2.65. The van der Waals surface area contributed by atoms with Gasteiger partial charge < -0.3 is 39.7 Å². The van der Waals surface area contributed by atoms with Crippen LogP contribution in [0.5, 0.6) is 0 Å². The van der Waals surface area contributed by atoms with Gasteiger partial charge >= 0.3 is 5.97 Å². The van der Waals surface area contributed by atoms with Crippen LogP contribution in [-0.4, -0.2) is 75.4 Å². The Morgan fingerprint density at radius 3 is 2.47 bits per heavy atom. The van der Waals surface area contributed by atoms with Crippen molar-refractivity contribution in [3.63, 3.8) is 0 Å². The van der Waals surface area contributed by atoms with Crippen molar-refractivity contribution < 1.29 is 44.5 Å². The zero-order chi connectivity index (χ0) is 14.2. The smallest absolute Gasteiger partial charge is 0.377 e. The number of cyclic esters (lactones) is 1. The average molecular weight is 278 g/mol. The molecule has 0 aromatic carbocycles. The van der Waals surface area contributed by atoms with Crippen LogP contribution in [0.15, 0.2) is 11.5 Å². The van der Waals surface area contributed by atoms with Crippen molar-refractivity contribution in [3.05, 3.63) is 11.5 Å². The minimum Gasteiger partial charge on any atom is -0.505 e. The topological polar surface area (TPSA) is 146 Å². The number of aliphatic hydroxyl groups is 5. The molecule has 9 nitrogen and oxygen atoms in total. The van der Waals surface area contributed by atoms with Crippen LogP contribution in [0, 0.1) is 0 Å². The van der Waals surface area contributed by atoms with E-state index in [1.54, 1.807) is 0 Å². The van der Waals surface area contributed by atoms with Gasteiger partial charge in [0, 0.05) is 0 Å². The van der Waals surface area contributed by atoms with E-state index >= 15 is 0 Å². The third-order valence-corrected chi connectivity index (χ3v) is 2.86. The Balaban J connectivity index is 1.88. The summed E-state index contributed by atoms with van der Waals surface area (Å²) in [6, 6.07) is 0. The van der Waals surface area contributed by atoms with E-state index in [2.05, 4.69) is 4.74 Å². The van der Waals surface area contributed by atoms with Gasteiger partial charge in [-0.3, -0.25) is 0 Å². The van der Waals surface area contributed by atoms with Gasteiger partial charge in [-0.05, 0) is 0 Å². The molecule has 2 rings (SSSR count). The van der Waals surface area contributed by atoms with Gasteiger partial charge in [0.1, 0.15) is 18.3 Å². The van der Waals surface area contributed by atoms with E-state index < -0.39 is 48.2 Å². The first-order valence-electron chi connectivity index (χ1n) is 5.52. The minimum absolute atomic E-state index is 0.236. The lowest BCUT2D eigenvalue weighted by Gasteiger charge is -2.35. The van der Waals surface area contributed by atoms with Gasteiger partial charge in [0.15, 0.2) is 18.2 Å². The van der Waals surface area contributed by atoms with Crippen LogP contribution in [0.2, 0.25) is 0 Å². The first-order chi connectivity index (χ1) is 8.91. The first kappa shape index (κ1) is 14.0. The summed E-state index contributed by atoms with van der Waals surface area (Å²) in [6.07, 6.45) is -6.58.